The van der Waals surface area contributed by atoms with Gasteiger partial charge in [0.05, 0.1) is 9.88 Å². The lowest BCUT2D eigenvalue weighted by Crippen LogP contribution is -2.40. The number of rotatable bonds is 8. The lowest BCUT2D eigenvalue weighted by Gasteiger charge is -2.13. The van der Waals surface area contributed by atoms with Gasteiger partial charge in [0.15, 0.2) is 0 Å². The molecule has 26 heavy (non-hydrogen) atoms. The van der Waals surface area contributed by atoms with Crippen molar-refractivity contribution in [3.8, 4) is 0 Å². The fourth-order valence-corrected chi connectivity index (χ4v) is 3.02. The van der Waals surface area contributed by atoms with Gasteiger partial charge in [-0.1, -0.05) is 38.0 Å². The number of benzene rings is 1. The van der Waals surface area contributed by atoms with Crippen LogP contribution in [0.2, 0.25) is 0 Å². The zero-order valence-electron chi connectivity index (χ0n) is 14.3. The van der Waals surface area contributed by atoms with Crippen molar-refractivity contribution in [2.75, 3.05) is 10.6 Å². The second-order valence-electron chi connectivity index (χ2n) is 5.62. The minimum atomic E-state index is -1.05. The molecule has 0 fully saturated rings. The van der Waals surface area contributed by atoms with Crippen molar-refractivity contribution in [2.24, 2.45) is 0 Å². The van der Waals surface area contributed by atoms with Gasteiger partial charge in [-0.3, -0.25) is 10.1 Å². The van der Waals surface area contributed by atoms with Crippen molar-refractivity contribution in [3.63, 3.8) is 0 Å². The van der Waals surface area contributed by atoms with Gasteiger partial charge in [-0.05, 0) is 30.7 Å². The number of carbonyl (C=O) groups excluding carboxylic acids is 2. The Morgan fingerprint density at radius 1 is 1.08 bits per heavy atom. The van der Waals surface area contributed by atoms with E-state index in [9.17, 15) is 19.5 Å². The maximum atomic E-state index is 12.2. The van der Waals surface area contributed by atoms with Gasteiger partial charge in [0.1, 0.15) is 6.04 Å². The van der Waals surface area contributed by atoms with Crippen LogP contribution in [0.25, 0.3) is 0 Å². The SMILES string of the molecule is CCCC[C@H](NC(=O)c1ccc(NC(=O)Nc2ccccc2)s1)C(=O)O. The quantitative estimate of drug-likeness (QED) is 0.563. The van der Waals surface area contributed by atoms with Gasteiger partial charge in [0.2, 0.25) is 0 Å². The minimum absolute atomic E-state index is 0.336. The number of aliphatic carboxylic acids is 1. The Hall–Kier alpha value is -2.87. The van der Waals surface area contributed by atoms with E-state index >= 15 is 0 Å². The molecule has 0 aliphatic heterocycles. The highest BCUT2D eigenvalue weighted by Gasteiger charge is 2.21. The van der Waals surface area contributed by atoms with E-state index in [4.69, 9.17) is 0 Å². The van der Waals surface area contributed by atoms with Gasteiger partial charge < -0.3 is 15.7 Å². The molecule has 4 N–H and O–H groups in total. The van der Waals surface area contributed by atoms with Crippen molar-refractivity contribution in [3.05, 3.63) is 47.3 Å². The summed E-state index contributed by atoms with van der Waals surface area (Å²) in [7, 11) is 0. The summed E-state index contributed by atoms with van der Waals surface area (Å²) in [6.07, 6.45) is 1.95. The van der Waals surface area contributed by atoms with Crippen LogP contribution in [-0.2, 0) is 4.79 Å². The van der Waals surface area contributed by atoms with Crippen molar-refractivity contribution in [1.82, 2.24) is 5.32 Å². The van der Waals surface area contributed by atoms with Crippen LogP contribution in [0.5, 0.6) is 0 Å². The molecule has 8 heteroatoms. The van der Waals surface area contributed by atoms with Crippen LogP contribution in [0, 0.1) is 0 Å². The highest BCUT2D eigenvalue weighted by Crippen LogP contribution is 2.22. The number of carboxylic acids is 1. The Morgan fingerprint density at radius 3 is 2.46 bits per heavy atom. The van der Waals surface area contributed by atoms with Crippen molar-refractivity contribution in [1.29, 1.82) is 0 Å². The number of carbonyl (C=O) groups is 3. The molecule has 0 aliphatic rings. The first kappa shape index (κ1) is 19.5. The molecule has 1 aromatic carbocycles. The number of amides is 3. The summed E-state index contributed by atoms with van der Waals surface area (Å²) in [5.41, 5.74) is 0.653. The summed E-state index contributed by atoms with van der Waals surface area (Å²) in [4.78, 5) is 35.7. The van der Waals surface area contributed by atoms with Crippen LogP contribution < -0.4 is 16.0 Å². The molecule has 0 bridgehead atoms. The molecule has 1 heterocycles. The highest BCUT2D eigenvalue weighted by atomic mass is 32.1. The standard InChI is InChI=1S/C18H21N3O4S/c1-2-3-9-13(17(23)24)20-16(22)14-10-11-15(26-14)21-18(25)19-12-7-5-4-6-8-12/h4-8,10-11,13H,2-3,9H2,1H3,(H,20,22)(H,23,24)(H2,19,21,25)/t13-/m0/s1. The molecular formula is C18H21N3O4S. The Kier molecular flexibility index (Phi) is 7.16. The Balaban J connectivity index is 1.92. The van der Waals surface area contributed by atoms with E-state index in [1.807, 2.05) is 13.0 Å². The number of anilines is 2. The zero-order valence-corrected chi connectivity index (χ0v) is 15.1. The number of unbranched alkanes of at least 4 members (excludes halogenated alkanes) is 1. The third-order valence-electron chi connectivity index (χ3n) is 3.55. The molecule has 0 saturated heterocycles. The predicted octanol–water partition coefficient (Wildman–Crippen LogP) is 3.77. The first-order chi connectivity index (χ1) is 12.5. The second kappa shape index (κ2) is 9.57. The number of urea groups is 1. The molecule has 0 aliphatic carbocycles. The van der Waals surface area contributed by atoms with Crippen molar-refractivity contribution in [2.45, 2.75) is 32.2 Å². The molecule has 138 valence electrons. The fraction of sp³-hybridized carbons (Fsp3) is 0.278. The third kappa shape index (κ3) is 5.89. The van der Waals surface area contributed by atoms with Crippen LogP contribution in [0.15, 0.2) is 42.5 Å². The van der Waals surface area contributed by atoms with E-state index in [2.05, 4.69) is 16.0 Å². The van der Waals surface area contributed by atoms with Gasteiger partial charge in [-0.15, -0.1) is 11.3 Å². The van der Waals surface area contributed by atoms with E-state index < -0.39 is 23.9 Å². The summed E-state index contributed by atoms with van der Waals surface area (Å²) in [6, 6.07) is 10.8. The van der Waals surface area contributed by atoms with Crippen LogP contribution in [0.1, 0.15) is 35.9 Å². The predicted molar refractivity (Wildman–Crippen MR) is 102 cm³/mol. The van der Waals surface area contributed by atoms with Crippen LogP contribution in [-0.4, -0.2) is 29.1 Å². The Labute approximate surface area is 155 Å². The van der Waals surface area contributed by atoms with Gasteiger partial charge in [-0.25, -0.2) is 9.59 Å². The van der Waals surface area contributed by atoms with E-state index in [1.165, 1.54) is 0 Å². The number of hydrogen-bond acceptors (Lipinski definition) is 4. The summed E-state index contributed by atoms with van der Waals surface area (Å²) in [5, 5.41) is 17.5. The molecular weight excluding hydrogens is 354 g/mol. The molecule has 0 saturated carbocycles. The molecule has 0 spiro atoms. The maximum absolute atomic E-state index is 12.2. The first-order valence-electron chi connectivity index (χ1n) is 8.26. The van der Waals surface area contributed by atoms with Crippen LogP contribution in [0.3, 0.4) is 0 Å². The topological polar surface area (TPSA) is 108 Å². The van der Waals surface area contributed by atoms with E-state index in [0.29, 0.717) is 28.4 Å². The molecule has 1 atom stereocenters. The fourth-order valence-electron chi connectivity index (χ4n) is 2.22. The second-order valence-corrected chi connectivity index (χ2v) is 6.70. The van der Waals surface area contributed by atoms with E-state index in [-0.39, 0.29) is 0 Å². The first-order valence-corrected chi connectivity index (χ1v) is 9.07. The summed E-state index contributed by atoms with van der Waals surface area (Å²) < 4.78 is 0. The van der Waals surface area contributed by atoms with Crippen LogP contribution >= 0.6 is 11.3 Å². The molecule has 2 rings (SSSR count). The number of nitrogens with one attached hydrogen (secondary N) is 3. The summed E-state index contributed by atoms with van der Waals surface area (Å²) >= 11 is 1.08. The maximum Gasteiger partial charge on any atom is 0.326 e. The molecule has 0 radical (unpaired) electrons. The van der Waals surface area contributed by atoms with Gasteiger partial charge >= 0.3 is 12.0 Å². The van der Waals surface area contributed by atoms with Gasteiger partial charge in [0.25, 0.3) is 5.91 Å². The molecule has 2 aromatic rings. The average Bonchev–Trinajstić information content (AvgIpc) is 3.07. The lowest BCUT2D eigenvalue weighted by atomic mass is 10.1. The third-order valence-corrected chi connectivity index (χ3v) is 4.55. The number of hydrogen-bond donors (Lipinski definition) is 4. The average molecular weight is 375 g/mol. The zero-order chi connectivity index (χ0) is 18.9. The largest absolute Gasteiger partial charge is 0.480 e. The summed E-state index contributed by atoms with van der Waals surface area (Å²) in [6.45, 7) is 1.96. The number of para-hydroxylation sites is 1. The van der Waals surface area contributed by atoms with Crippen LogP contribution in [0.4, 0.5) is 15.5 Å². The Morgan fingerprint density at radius 2 is 1.81 bits per heavy atom. The normalized spacial score (nSPS) is 11.4. The highest BCUT2D eigenvalue weighted by molar-refractivity contribution is 7.18. The minimum Gasteiger partial charge on any atom is -0.480 e. The van der Waals surface area contributed by atoms with E-state index in [0.717, 1.165) is 17.8 Å². The summed E-state index contributed by atoms with van der Waals surface area (Å²) in [5.74, 6) is -1.51. The van der Waals surface area contributed by atoms with Gasteiger partial charge in [0, 0.05) is 5.69 Å². The molecule has 1 aromatic heterocycles. The van der Waals surface area contributed by atoms with Gasteiger partial charge in [-0.2, -0.15) is 0 Å². The van der Waals surface area contributed by atoms with Crippen molar-refractivity contribution < 1.29 is 19.5 Å². The Bertz CT molecular complexity index is 761. The lowest BCUT2D eigenvalue weighted by molar-refractivity contribution is -0.139. The van der Waals surface area contributed by atoms with Crippen molar-refractivity contribution >= 4 is 39.9 Å². The smallest absolute Gasteiger partial charge is 0.326 e. The number of thiophene rings is 1. The number of carboxylic acid groups (broad SMARTS) is 1. The monoisotopic (exact) mass is 375 g/mol. The molecule has 0 unspecified atom stereocenters. The molecule has 7 nitrogen and oxygen atoms in total. The van der Waals surface area contributed by atoms with E-state index in [1.54, 1.807) is 36.4 Å². The molecule has 3 amide bonds.